The molecule has 1 aliphatic carbocycles. The van der Waals surface area contributed by atoms with E-state index < -0.39 is 0 Å². The molecular weight excluding hydrogens is 501 g/mol. The van der Waals surface area contributed by atoms with Crippen LogP contribution in [0.5, 0.6) is 0 Å². The van der Waals surface area contributed by atoms with Crippen LogP contribution in [0, 0.1) is 11.8 Å². The quantitative estimate of drug-likeness (QED) is 0.247. The monoisotopic (exact) mass is 523 g/mol. The van der Waals surface area contributed by atoms with Crippen molar-refractivity contribution in [3.63, 3.8) is 0 Å². The lowest BCUT2D eigenvalue weighted by Crippen LogP contribution is -2.22. The predicted molar refractivity (Wildman–Crippen MR) is 143 cm³/mol. The maximum atomic E-state index is 6.43. The Labute approximate surface area is 219 Å². The van der Waals surface area contributed by atoms with E-state index in [4.69, 9.17) is 39.8 Å². The van der Waals surface area contributed by atoms with Crippen LogP contribution in [0.4, 0.5) is 0 Å². The van der Waals surface area contributed by atoms with Crippen LogP contribution in [0.2, 0.25) is 15.2 Å². The van der Waals surface area contributed by atoms with Gasteiger partial charge < -0.3 is 9.47 Å². The fraction of sp³-hybridized carbons (Fsp3) is 0.296. The molecule has 5 nitrogen and oxygen atoms in total. The molecule has 1 saturated heterocycles. The largest absolute Gasteiger partial charge is 0.375 e. The van der Waals surface area contributed by atoms with E-state index in [1.165, 1.54) is 24.9 Å². The van der Waals surface area contributed by atoms with Crippen LogP contribution in [-0.2, 0) is 6.54 Å². The molecule has 2 aromatic carbocycles. The molecule has 4 aromatic rings. The van der Waals surface area contributed by atoms with Crippen molar-refractivity contribution in [2.75, 3.05) is 13.1 Å². The molecule has 2 fully saturated rings. The first-order chi connectivity index (χ1) is 17.0. The van der Waals surface area contributed by atoms with Crippen LogP contribution in [0.25, 0.3) is 33.7 Å². The highest BCUT2D eigenvalue weighted by atomic mass is 35.5. The van der Waals surface area contributed by atoms with Crippen molar-refractivity contribution in [1.82, 2.24) is 24.4 Å². The average Bonchev–Trinajstić information content (AvgIpc) is 3.49. The lowest BCUT2D eigenvalue weighted by molar-refractivity contribution is 0.372. The third-order valence-electron chi connectivity index (χ3n) is 7.05. The van der Waals surface area contributed by atoms with Crippen LogP contribution >= 0.6 is 34.8 Å². The Bertz CT molecular complexity index is 1430. The highest BCUT2D eigenvalue weighted by Crippen LogP contribution is 2.39. The molecule has 8 heteroatoms. The third kappa shape index (κ3) is 4.42. The maximum absolute atomic E-state index is 6.43. The Balaban J connectivity index is 1.33. The maximum Gasteiger partial charge on any atom is 0.165 e. The van der Waals surface area contributed by atoms with Crippen LogP contribution in [0.1, 0.15) is 19.3 Å². The predicted octanol–water partition coefficient (Wildman–Crippen LogP) is 7.37. The number of benzene rings is 2. The van der Waals surface area contributed by atoms with E-state index in [1.807, 2.05) is 12.1 Å². The summed E-state index contributed by atoms with van der Waals surface area (Å²) in [6.45, 7) is 7.25. The van der Waals surface area contributed by atoms with Gasteiger partial charge in [0.1, 0.15) is 17.7 Å². The van der Waals surface area contributed by atoms with Gasteiger partial charge >= 0.3 is 0 Å². The second-order valence-corrected chi connectivity index (χ2v) is 10.7. The number of aromatic nitrogens is 4. The molecule has 0 amide bonds. The van der Waals surface area contributed by atoms with Gasteiger partial charge in [0, 0.05) is 46.5 Å². The summed E-state index contributed by atoms with van der Waals surface area (Å²) in [5, 5.41) is 1.61. The van der Waals surface area contributed by atoms with E-state index in [-0.39, 0.29) is 0 Å². The van der Waals surface area contributed by atoms with E-state index in [0.29, 0.717) is 32.6 Å². The number of rotatable bonds is 6. The van der Waals surface area contributed by atoms with E-state index >= 15 is 0 Å². The zero-order chi connectivity index (χ0) is 24.1. The second kappa shape index (κ2) is 9.12. The molecule has 0 unspecified atom stereocenters. The minimum Gasteiger partial charge on any atom is -0.375 e. The Kier molecular flexibility index (Phi) is 5.95. The number of allylic oxidation sites excluding steroid dienone is 1. The highest BCUT2D eigenvalue weighted by Gasteiger charge is 2.33. The number of imidazole rings is 1. The van der Waals surface area contributed by atoms with Gasteiger partial charge in [-0.15, -0.1) is 0 Å². The van der Waals surface area contributed by atoms with Crippen molar-refractivity contribution in [2.24, 2.45) is 11.8 Å². The summed E-state index contributed by atoms with van der Waals surface area (Å²) >= 11 is 18.9. The molecule has 1 atom stereocenters. The van der Waals surface area contributed by atoms with Crippen LogP contribution < -0.4 is 0 Å². The average molecular weight is 525 g/mol. The summed E-state index contributed by atoms with van der Waals surface area (Å²) in [4.78, 5) is 16.0. The zero-order valence-corrected chi connectivity index (χ0v) is 21.4. The smallest absolute Gasteiger partial charge is 0.165 e. The van der Waals surface area contributed by atoms with Gasteiger partial charge in [0.15, 0.2) is 10.8 Å². The minimum absolute atomic E-state index is 0.370. The van der Waals surface area contributed by atoms with Crippen molar-refractivity contribution in [2.45, 2.75) is 25.8 Å². The molecule has 2 aromatic heterocycles. The van der Waals surface area contributed by atoms with Gasteiger partial charge in [-0.25, -0.2) is 15.0 Å². The summed E-state index contributed by atoms with van der Waals surface area (Å²) in [6.07, 6.45) is 5.19. The van der Waals surface area contributed by atoms with Crippen molar-refractivity contribution in [1.29, 1.82) is 0 Å². The summed E-state index contributed by atoms with van der Waals surface area (Å²) < 4.78 is 2.20. The second-order valence-electron chi connectivity index (χ2n) is 9.45. The van der Waals surface area contributed by atoms with Gasteiger partial charge in [-0.3, -0.25) is 0 Å². The molecule has 1 saturated carbocycles. The van der Waals surface area contributed by atoms with Gasteiger partial charge in [0.25, 0.3) is 0 Å². The molecule has 6 rings (SSSR count). The first-order valence-corrected chi connectivity index (χ1v) is 13.0. The SMILES string of the molecule is C=C(C1CC1)N1CC[C@@H](Cn2c(-c3ccc(-c4ccc(Cl)cc4Cl)cc3)nc3c(Cl)ncnc32)C1. The normalized spacial score (nSPS) is 17.9. The number of likely N-dealkylation sites (tertiary alicyclic amines) is 1. The topological polar surface area (TPSA) is 46.8 Å². The summed E-state index contributed by atoms with van der Waals surface area (Å²) in [5.74, 6) is 2.02. The fourth-order valence-corrected chi connectivity index (χ4v) is 5.69. The van der Waals surface area contributed by atoms with Gasteiger partial charge in [0.2, 0.25) is 0 Å². The zero-order valence-electron chi connectivity index (χ0n) is 19.1. The molecule has 35 heavy (non-hydrogen) atoms. The standard InChI is InChI=1S/C27H24Cl3N5/c1-16(18-2-3-18)34-11-10-17(13-34)14-35-26(33-24-25(30)31-15-32-27(24)35)20-6-4-19(5-7-20)22-9-8-21(28)12-23(22)29/h4-9,12,15,17-18H,1-3,10-11,13-14H2/t17-/m1/s1. The Morgan fingerprint density at radius 1 is 0.971 bits per heavy atom. The van der Waals surface area contributed by atoms with Crippen LogP contribution in [0.15, 0.2) is 61.1 Å². The molecule has 0 spiro atoms. The van der Waals surface area contributed by atoms with Crippen LogP contribution in [-0.4, -0.2) is 37.5 Å². The number of fused-ring (bicyclic) bond motifs is 1. The lowest BCUT2D eigenvalue weighted by atomic mass is 10.0. The van der Waals surface area contributed by atoms with Crippen LogP contribution in [0.3, 0.4) is 0 Å². The molecule has 2 aliphatic rings. The van der Waals surface area contributed by atoms with Crippen molar-refractivity contribution >= 4 is 46.0 Å². The summed E-state index contributed by atoms with van der Waals surface area (Å²) in [6, 6.07) is 13.8. The van der Waals surface area contributed by atoms with E-state index in [2.05, 4.69) is 50.3 Å². The van der Waals surface area contributed by atoms with E-state index in [9.17, 15) is 0 Å². The van der Waals surface area contributed by atoms with Crippen molar-refractivity contribution < 1.29 is 0 Å². The van der Waals surface area contributed by atoms with Gasteiger partial charge in [-0.1, -0.05) is 71.7 Å². The fourth-order valence-electron chi connectivity index (χ4n) is 5.00. The van der Waals surface area contributed by atoms with Gasteiger partial charge in [-0.2, -0.15) is 0 Å². The molecule has 0 N–H and O–H groups in total. The summed E-state index contributed by atoms with van der Waals surface area (Å²) in [7, 11) is 0. The molecule has 0 bridgehead atoms. The first kappa shape index (κ1) is 22.8. The van der Waals surface area contributed by atoms with Crippen molar-refractivity contribution in [3.05, 3.63) is 76.3 Å². The highest BCUT2D eigenvalue weighted by molar-refractivity contribution is 6.36. The third-order valence-corrected chi connectivity index (χ3v) is 7.88. The molecule has 3 heterocycles. The minimum atomic E-state index is 0.370. The molecular formula is C27H24Cl3N5. The molecule has 0 radical (unpaired) electrons. The number of nitrogens with zero attached hydrogens (tertiary/aromatic N) is 5. The number of hydrogen-bond acceptors (Lipinski definition) is 4. The van der Waals surface area contributed by atoms with Gasteiger partial charge in [-0.05, 0) is 48.8 Å². The Morgan fingerprint density at radius 3 is 2.49 bits per heavy atom. The number of halogens is 3. The first-order valence-electron chi connectivity index (χ1n) is 11.8. The summed E-state index contributed by atoms with van der Waals surface area (Å²) in [5.41, 5.74) is 5.65. The van der Waals surface area contributed by atoms with Crippen molar-refractivity contribution in [3.8, 4) is 22.5 Å². The molecule has 1 aliphatic heterocycles. The number of hydrogen-bond donors (Lipinski definition) is 0. The Morgan fingerprint density at radius 2 is 1.74 bits per heavy atom. The van der Waals surface area contributed by atoms with E-state index in [1.54, 1.807) is 6.07 Å². The van der Waals surface area contributed by atoms with Gasteiger partial charge in [0.05, 0.1) is 0 Å². The molecule has 178 valence electrons. The Hall–Kier alpha value is -2.60. The van der Waals surface area contributed by atoms with E-state index in [0.717, 1.165) is 54.2 Å². The lowest BCUT2D eigenvalue weighted by Gasteiger charge is -2.21.